The third kappa shape index (κ3) is 2.34. The number of nitrogens with one attached hydrogen (secondary N) is 1. The fraction of sp³-hybridized carbons (Fsp3) is 0.308. The van der Waals surface area contributed by atoms with Crippen LogP contribution in [0, 0.1) is 18.3 Å². The molecule has 4 nitrogen and oxygen atoms in total. The van der Waals surface area contributed by atoms with Crippen molar-refractivity contribution in [2.24, 2.45) is 0 Å². The predicted molar refractivity (Wildman–Crippen MR) is 65.2 cm³/mol. The number of aromatic nitrogens is 3. The molecule has 17 heavy (non-hydrogen) atoms. The first kappa shape index (κ1) is 11.3. The normalized spacial score (nSPS) is 12.1. The average molecular weight is 226 g/mol. The Labute approximate surface area is 100 Å². The zero-order valence-corrected chi connectivity index (χ0v) is 9.94. The van der Waals surface area contributed by atoms with E-state index < -0.39 is 0 Å². The Balaban J connectivity index is 2.47. The molecule has 0 spiro atoms. The summed E-state index contributed by atoms with van der Waals surface area (Å²) in [5.74, 6) is 0.388. The van der Waals surface area contributed by atoms with E-state index in [0.29, 0.717) is 5.82 Å². The molecule has 0 aromatic carbocycles. The third-order valence-electron chi connectivity index (χ3n) is 2.64. The van der Waals surface area contributed by atoms with E-state index in [2.05, 4.69) is 21.0 Å². The highest BCUT2D eigenvalue weighted by Gasteiger charge is 2.13. The lowest BCUT2D eigenvalue weighted by Crippen LogP contribution is -2.03. The molecular formula is C13H14N4. The first-order valence-corrected chi connectivity index (χ1v) is 5.63. The maximum atomic E-state index is 9.06. The molecule has 0 aliphatic rings. The van der Waals surface area contributed by atoms with Gasteiger partial charge in [-0.15, -0.1) is 0 Å². The van der Waals surface area contributed by atoms with Gasteiger partial charge in [0.1, 0.15) is 11.7 Å². The molecule has 0 bridgehead atoms. The molecule has 4 heteroatoms. The summed E-state index contributed by atoms with van der Waals surface area (Å²) in [6.45, 7) is 3.89. The van der Waals surface area contributed by atoms with Crippen LogP contribution in [0.4, 0.5) is 0 Å². The molecule has 1 N–H and O–H groups in total. The van der Waals surface area contributed by atoms with Crippen LogP contribution in [0.3, 0.4) is 0 Å². The smallest absolute Gasteiger partial charge is 0.146 e. The molecule has 86 valence electrons. The number of aryl methyl sites for hydroxylation is 1. The second-order valence-electron chi connectivity index (χ2n) is 3.94. The van der Waals surface area contributed by atoms with Gasteiger partial charge in [-0.3, -0.25) is 0 Å². The van der Waals surface area contributed by atoms with Crippen molar-refractivity contribution in [1.29, 1.82) is 5.26 Å². The van der Waals surface area contributed by atoms with Gasteiger partial charge >= 0.3 is 0 Å². The van der Waals surface area contributed by atoms with E-state index in [9.17, 15) is 0 Å². The summed E-state index contributed by atoms with van der Waals surface area (Å²) in [5.41, 5.74) is 2.77. The molecule has 0 saturated carbocycles. The third-order valence-corrected chi connectivity index (χ3v) is 2.64. The lowest BCUT2D eigenvalue weighted by molar-refractivity contribution is 0.746. The van der Waals surface area contributed by atoms with Crippen molar-refractivity contribution >= 4 is 0 Å². The summed E-state index contributed by atoms with van der Waals surface area (Å²) in [7, 11) is 0. The molecule has 0 aliphatic heterocycles. The highest BCUT2D eigenvalue weighted by Crippen LogP contribution is 2.21. The second-order valence-corrected chi connectivity index (χ2v) is 3.94. The van der Waals surface area contributed by atoms with E-state index in [1.807, 2.05) is 38.4 Å². The van der Waals surface area contributed by atoms with Crippen LogP contribution >= 0.6 is 0 Å². The van der Waals surface area contributed by atoms with Gasteiger partial charge in [0.2, 0.25) is 0 Å². The fourth-order valence-electron chi connectivity index (χ4n) is 1.71. The van der Waals surface area contributed by atoms with Crippen molar-refractivity contribution in [2.75, 3.05) is 0 Å². The van der Waals surface area contributed by atoms with Crippen LogP contribution in [0.5, 0.6) is 0 Å². The van der Waals surface area contributed by atoms with Crippen LogP contribution in [0.2, 0.25) is 0 Å². The Morgan fingerprint density at radius 1 is 1.47 bits per heavy atom. The summed E-state index contributed by atoms with van der Waals surface area (Å²) in [4.78, 5) is 11.8. The highest BCUT2D eigenvalue weighted by molar-refractivity contribution is 5.58. The van der Waals surface area contributed by atoms with Gasteiger partial charge in [-0.25, -0.2) is 9.97 Å². The minimum absolute atomic E-state index is 0.229. The minimum atomic E-state index is -0.229. The van der Waals surface area contributed by atoms with Crippen LogP contribution in [0.1, 0.15) is 30.8 Å². The molecule has 0 amide bonds. The van der Waals surface area contributed by atoms with Gasteiger partial charge in [-0.2, -0.15) is 5.26 Å². The number of aromatic amines is 1. The first-order chi connectivity index (χ1) is 8.24. The van der Waals surface area contributed by atoms with Crippen molar-refractivity contribution in [3.05, 3.63) is 36.0 Å². The quantitative estimate of drug-likeness (QED) is 0.875. The summed E-state index contributed by atoms with van der Waals surface area (Å²) in [5, 5.41) is 9.06. The van der Waals surface area contributed by atoms with Gasteiger partial charge in [0.15, 0.2) is 0 Å². The Morgan fingerprint density at radius 3 is 2.88 bits per heavy atom. The molecule has 2 aromatic rings. The molecule has 0 aliphatic carbocycles. The van der Waals surface area contributed by atoms with Crippen molar-refractivity contribution in [2.45, 2.75) is 26.2 Å². The van der Waals surface area contributed by atoms with Gasteiger partial charge in [0.25, 0.3) is 0 Å². The standard InChI is InChI=1S/C13H14N4/c1-3-10(7-14)13-16-9(2)6-12(17-13)11-4-5-15-8-11/h4-6,8,10,15H,3H2,1-2H3. The van der Waals surface area contributed by atoms with Gasteiger partial charge in [-0.05, 0) is 25.5 Å². The molecule has 1 unspecified atom stereocenters. The van der Waals surface area contributed by atoms with Crippen LogP contribution in [0.15, 0.2) is 24.5 Å². The number of rotatable bonds is 3. The van der Waals surface area contributed by atoms with Gasteiger partial charge in [-0.1, -0.05) is 6.92 Å². The van der Waals surface area contributed by atoms with E-state index in [-0.39, 0.29) is 5.92 Å². The molecule has 2 aromatic heterocycles. The summed E-state index contributed by atoms with van der Waals surface area (Å²) in [6, 6.07) is 6.12. The Morgan fingerprint density at radius 2 is 2.29 bits per heavy atom. The molecule has 0 fully saturated rings. The first-order valence-electron chi connectivity index (χ1n) is 5.63. The van der Waals surface area contributed by atoms with Gasteiger partial charge < -0.3 is 4.98 Å². The number of H-pyrrole nitrogens is 1. The summed E-state index contributed by atoms with van der Waals surface area (Å²) < 4.78 is 0. The van der Waals surface area contributed by atoms with E-state index in [4.69, 9.17) is 5.26 Å². The van der Waals surface area contributed by atoms with Gasteiger partial charge in [0.05, 0.1) is 11.8 Å². The minimum Gasteiger partial charge on any atom is -0.367 e. The monoisotopic (exact) mass is 226 g/mol. The van der Waals surface area contributed by atoms with Crippen molar-refractivity contribution < 1.29 is 0 Å². The van der Waals surface area contributed by atoms with Crippen LogP contribution in [-0.2, 0) is 0 Å². The maximum Gasteiger partial charge on any atom is 0.146 e. The summed E-state index contributed by atoms with van der Waals surface area (Å²) >= 11 is 0. The van der Waals surface area contributed by atoms with Crippen LogP contribution < -0.4 is 0 Å². The summed E-state index contributed by atoms with van der Waals surface area (Å²) in [6.07, 6.45) is 4.47. The number of nitrogens with zero attached hydrogens (tertiary/aromatic N) is 3. The largest absolute Gasteiger partial charge is 0.367 e. The Bertz CT molecular complexity index is 537. The zero-order valence-electron chi connectivity index (χ0n) is 9.94. The molecule has 0 saturated heterocycles. The number of hydrogen-bond acceptors (Lipinski definition) is 3. The van der Waals surface area contributed by atoms with Crippen molar-refractivity contribution in [3.63, 3.8) is 0 Å². The average Bonchev–Trinajstić information content (AvgIpc) is 2.83. The maximum absolute atomic E-state index is 9.06. The predicted octanol–water partition coefficient (Wildman–Crippen LogP) is 2.80. The molecular weight excluding hydrogens is 212 g/mol. The van der Waals surface area contributed by atoms with E-state index in [1.165, 1.54) is 0 Å². The number of nitriles is 1. The van der Waals surface area contributed by atoms with E-state index >= 15 is 0 Å². The molecule has 2 rings (SSSR count). The van der Waals surface area contributed by atoms with E-state index in [1.54, 1.807) is 0 Å². The molecule has 0 radical (unpaired) electrons. The lowest BCUT2D eigenvalue weighted by atomic mass is 10.1. The topological polar surface area (TPSA) is 65.4 Å². The van der Waals surface area contributed by atoms with E-state index in [0.717, 1.165) is 23.4 Å². The van der Waals surface area contributed by atoms with Crippen LogP contribution in [-0.4, -0.2) is 15.0 Å². The van der Waals surface area contributed by atoms with Gasteiger partial charge in [0, 0.05) is 23.7 Å². The highest BCUT2D eigenvalue weighted by atomic mass is 14.9. The fourth-order valence-corrected chi connectivity index (χ4v) is 1.71. The SMILES string of the molecule is CCC(C#N)c1nc(C)cc(-c2cc[nH]c2)n1. The lowest BCUT2D eigenvalue weighted by Gasteiger charge is -2.07. The Kier molecular flexibility index (Phi) is 3.20. The second kappa shape index (κ2) is 4.79. The van der Waals surface area contributed by atoms with Crippen LogP contribution in [0.25, 0.3) is 11.3 Å². The molecule has 1 atom stereocenters. The molecule has 2 heterocycles. The zero-order chi connectivity index (χ0) is 12.3. The van der Waals surface area contributed by atoms with Crippen molar-refractivity contribution in [3.8, 4) is 17.3 Å². The number of hydrogen-bond donors (Lipinski definition) is 1. The van der Waals surface area contributed by atoms with Crippen molar-refractivity contribution in [1.82, 2.24) is 15.0 Å². The Hall–Kier alpha value is -2.15.